The van der Waals surface area contributed by atoms with Crippen LogP contribution in [0.1, 0.15) is 23.7 Å². The van der Waals surface area contributed by atoms with E-state index in [1.807, 2.05) is 41.4 Å². The molecular formula is C20H20F3N3. The maximum Gasteiger partial charge on any atom is 0.416 e. The summed E-state index contributed by atoms with van der Waals surface area (Å²) in [7, 11) is 0. The zero-order chi connectivity index (χ0) is 18.6. The van der Waals surface area contributed by atoms with Gasteiger partial charge in [0, 0.05) is 25.8 Å². The van der Waals surface area contributed by atoms with Gasteiger partial charge in [-0.3, -0.25) is 0 Å². The molecule has 0 amide bonds. The number of imidazole rings is 1. The van der Waals surface area contributed by atoms with Crippen molar-refractivity contribution in [2.24, 2.45) is 0 Å². The minimum absolute atomic E-state index is 0.632. The smallest absolute Gasteiger partial charge is 0.337 e. The molecule has 26 heavy (non-hydrogen) atoms. The summed E-state index contributed by atoms with van der Waals surface area (Å²) in [4.78, 5) is 4.32. The number of nitrogens with zero attached hydrogens (tertiary/aromatic N) is 2. The first kappa shape index (κ1) is 18.2. The molecule has 0 aliphatic heterocycles. The number of nitrogens with one attached hydrogen (secondary N) is 1. The molecule has 0 saturated carbocycles. The highest BCUT2D eigenvalue weighted by atomic mass is 19.4. The van der Waals surface area contributed by atoms with Crippen molar-refractivity contribution >= 4 is 0 Å². The van der Waals surface area contributed by atoms with Crippen LogP contribution in [0.25, 0.3) is 11.1 Å². The number of rotatable bonds is 6. The lowest BCUT2D eigenvalue weighted by atomic mass is 10.0. The third kappa shape index (κ3) is 4.52. The molecule has 136 valence electrons. The summed E-state index contributed by atoms with van der Waals surface area (Å²) in [5.74, 6) is 0. The second kappa shape index (κ2) is 7.74. The van der Waals surface area contributed by atoms with Gasteiger partial charge in [0.05, 0.1) is 17.6 Å². The fraction of sp³-hybridized carbons (Fsp3) is 0.250. The summed E-state index contributed by atoms with van der Waals surface area (Å²) in [6, 6.07) is 13.0. The Kier molecular flexibility index (Phi) is 5.42. The average Bonchev–Trinajstić information content (AvgIpc) is 3.10. The van der Waals surface area contributed by atoms with Gasteiger partial charge in [0.25, 0.3) is 0 Å². The Balaban J connectivity index is 1.57. The molecule has 0 radical (unpaired) electrons. The quantitative estimate of drug-likeness (QED) is 0.680. The Labute approximate surface area is 150 Å². The molecule has 3 aromatic rings. The molecule has 0 saturated heterocycles. The second-order valence-corrected chi connectivity index (χ2v) is 6.07. The molecule has 3 rings (SSSR count). The van der Waals surface area contributed by atoms with Gasteiger partial charge in [0.15, 0.2) is 0 Å². The first-order valence-corrected chi connectivity index (χ1v) is 8.43. The zero-order valence-corrected chi connectivity index (χ0v) is 14.4. The standard InChI is InChI=1S/C20H20F3N3/c1-2-26-13-19(25-14-26)12-24-11-15-3-5-16(6-4-15)17-7-9-18(10-8-17)20(21,22)23/h3-10,13-14,24H,2,11-12H2,1H3. The number of aryl methyl sites for hydroxylation is 1. The van der Waals surface area contributed by atoms with Crippen molar-refractivity contribution in [2.75, 3.05) is 0 Å². The number of benzene rings is 2. The summed E-state index contributed by atoms with van der Waals surface area (Å²) < 4.78 is 39.9. The van der Waals surface area contributed by atoms with Crippen molar-refractivity contribution < 1.29 is 13.2 Å². The number of hydrogen-bond donors (Lipinski definition) is 1. The highest BCUT2D eigenvalue weighted by Gasteiger charge is 2.29. The van der Waals surface area contributed by atoms with E-state index in [1.54, 1.807) is 0 Å². The van der Waals surface area contributed by atoms with Crippen LogP contribution >= 0.6 is 0 Å². The fourth-order valence-electron chi connectivity index (χ4n) is 2.67. The van der Waals surface area contributed by atoms with E-state index in [1.165, 1.54) is 12.1 Å². The molecule has 1 N–H and O–H groups in total. The molecule has 0 aliphatic carbocycles. The van der Waals surface area contributed by atoms with Crippen molar-refractivity contribution in [3.63, 3.8) is 0 Å². The SMILES string of the molecule is CCn1cnc(CNCc2ccc(-c3ccc(C(F)(F)F)cc3)cc2)c1. The Hall–Kier alpha value is -2.60. The van der Waals surface area contributed by atoms with Gasteiger partial charge in [-0.05, 0) is 35.7 Å². The van der Waals surface area contributed by atoms with Crippen LogP contribution in [-0.2, 0) is 25.8 Å². The molecular weight excluding hydrogens is 339 g/mol. The molecule has 6 heteroatoms. The van der Waals surface area contributed by atoms with Crippen LogP contribution in [0.3, 0.4) is 0 Å². The van der Waals surface area contributed by atoms with Crippen LogP contribution in [0.5, 0.6) is 0 Å². The minimum Gasteiger partial charge on any atom is -0.337 e. The molecule has 3 nitrogen and oxygen atoms in total. The maximum atomic E-state index is 12.6. The minimum atomic E-state index is -4.30. The number of aromatic nitrogens is 2. The van der Waals surface area contributed by atoms with Crippen molar-refractivity contribution in [2.45, 2.75) is 32.7 Å². The first-order chi connectivity index (χ1) is 12.5. The van der Waals surface area contributed by atoms with Gasteiger partial charge in [-0.1, -0.05) is 36.4 Å². The van der Waals surface area contributed by atoms with E-state index < -0.39 is 11.7 Å². The van der Waals surface area contributed by atoms with E-state index in [2.05, 4.69) is 17.2 Å². The topological polar surface area (TPSA) is 29.9 Å². The van der Waals surface area contributed by atoms with E-state index in [4.69, 9.17) is 0 Å². The molecule has 0 spiro atoms. The molecule has 1 aromatic heterocycles. The number of halogens is 3. The molecule has 0 fully saturated rings. The van der Waals surface area contributed by atoms with Crippen LogP contribution in [0.4, 0.5) is 13.2 Å². The Morgan fingerprint density at radius 1 is 0.923 bits per heavy atom. The van der Waals surface area contributed by atoms with Crippen LogP contribution in [0.2, 0.25) is 0 Å². The van der Waals surface area contributed by atoms with Crippen molar-refractivity contribution in [1.29, 1.82) is 0 Å². The molecule has 0 bridgehead atoms. The zero-order valence-electron chi connectivity index (χ0n) is 14.4. The fourth-order valence-corrected chi connectivity index (χ4v) is 2.67. The Morgan fingerprint density at radius 3 is 2.08 bits per heavy atom. The summed E-state index contributed by atoms with van der Waals surface area (Å²) in [6.45, 7) is 4.36. The van der Waals surface area contributed by atoms with Crippen molar-refractivity contribution in [3.05, 3.63) is 77.9 Å². The van der Waals surface area contributed by atoms with Gasteiger partial charge in [-0.2, -0.15) is 13.2 Å². The van der Waals surface area contributed by atoms with E-state index in [-0.39, 0.29) is 0 Å². The van der Waals surface area contributed by atoms with E-state index in [9.17, 15) is 13.2 Å². The van der Waals surface area contributed by atoms with Gasteiger partial charge < -0.3 is 9.88 Å². The molecule has 2 aromatic carbocycles. The Morgan fingerprint density at radius 2 is 1.54 bits per heavy atom. The normalized spacial score (nSPS) is 11.7. The Bertz CT molecular complexity index is 834. The van der Waals surface area contributed by atoms with E-state index >= 15 is 0 Å². The van der Waals surface area contributed by atoms with E-state index in [0.29, 0.717) is 13.1 Å². The maximum absolute atomic E-state index is 12.6. The van der Waals surface area contributed by atoms with Crippen LogP contribution < -0.4 is 5.32 Å². The average molecular weight is 359 g/mol. The van der Waals surface area contributed by atoms with Crippen molar-refractivity contribution in [1.82, 2.24) is 14.9 Å². The molecule has 1 heterocycles. The second-order valence-electron chi connectivity index (χ2n) is 6.07. The monoisotopic (exact) mass is 359 g/mol. The third-order valence-corrected chi connectivity index (χ3v) is 4.19. The lowest BCUT2D eigenvalue weighted by Crippen LogP contribution is -2.12. The van der Waals surface area contributed by atoms with Gasteiger partial charge in [0.1, 0.15) is 0 Å². The van der Waals surface area contributed by atoms with Crippen LogP contribution in [0, 0.1) is 0 Å². The summed E-state index contributed by atoms with van der Waals surface area (Å²) in [5.41, 5.74) is 3.13. The van der Waals surface area contributed by atoms with Gasteiger partial charge in [-0.15, -0.1) is 0 Å². The van der Waals surface area contributed by atoms with Crippen LogP contribution in [-0.4, -0.2) is 9.55 Å². The number of hydrogen-bond acceptors (Lipinski definition) is 2. The lowest BCUT2D eigenvalue weighted by Gasteiger charge is -2.09. The summed E-state index contributed by atoms with van der Waals surface area (Å²) in [5, 5.41) is 3.34. The summed E-state index contributed by atoms with van der Waals surface area (Å²) in [6.07, 6.45) is -0.475. The van der Waals surface area contributed by atoms with Gasteiger partial charge >= 0.3 is 6.18 Å². The molecule has 0 unspecified atom stereocenters. The largest absolute Gasteiger partial charge is 0.416 e. The van der Waals surface area contributed by atoms with Crippen LogP contribution in [0.15, 0.2) is 61.1 Å². The molecule has 0 aliphatic rings. The van der Waals surface area contributed by atoms with Gasteiger partial charge in [-0.25, -0.2) is 4.98 Å². The third-order valence-electron chi connectivity index (χ3n) is 4.19. The predicted molar refractivity (Wildman–Crippen MR) is 95.3 cm³/mol. The summed E-state index contributed by atoms with van der Waals surface area (Å²) >= 11 is 0. The number of alkyl halides is 3. The van der Waals surface area contributed by atoms with E-state index in [0.717, 1.165) is 41.1 Å². The van der Waals surface area contributed by atoms with Gasteiger partial charge in [0.2, 0.25) is 0 Å². The lowest BCUT2D eigenvalue weighted by molar-refractivity contribution is -0.137. The highest BCUT2D eigenvalue weighted by molar-refractivity contribution is 5.64. The first-order valence-electron chi connectivity index (χ1n) is 8.43. The molecule has 0 atom stereocenters. The highest BCUT2D eigenvalue weighted by Crippen LogP contribution is 2.31. The predicted octanol–water partition coefficient (Wildman–Crippen LogP) is 4.88. The van der Waals surface area contributed by atoms with Crippen molar-refractivity contribution in [3.8, 4) is 11.1 Å².